The fourth-order valence-corrected chi connectivity index (χ4v) is 2.48. The zero-order chi connectivity index (χ0) is 24.4. The molecule has 32 heavy (non-hydrogen) atoms. The van der Waals surface area contributed by atoms with Gasteiger partial charge in [0, 0.05) is 17.2 Å². The summed E-state index contributed by atoms with van der Waals surface area (Å²) in [4.78, 5) is 36.4. The van der Waals surface area contributed by atoms with E-state index in [-0.39, 0.29) is 0 Å². The largest absolute Gasteiger partial charge is 0.463 e. The molecule has 0 aliphatic heterocycles. The standard InChI is InChI=1S/C24H24O4.2C2H6/c1-3-5-17-28-22(25)16-11-19-9-14-21(15-10-19)24(27)23(26)20-12-7-18(6-4-2)8-13-20;2*1-2/h4,6-16H,3,5,17H2,1-2H3;2*1-2H3/b6-4+,16-11-;;. The number of esters is 1. The summed E-state index contributed by atoms with van der Waals surface area (Å²) in [5.41, 5.74) is 2.38. The summed E-state index contributed by atoms with van der Waals surface area (Å²) < 4.78 is 5.04. The normalized spacial score (nSPS) is 10.1. The lowest BCUT2D eigenvalue weighted by atomic mass is 9.99. The lowest BCUT2D eigenvalue weighted by molar-refractivity contribution is -0.137. The molecule has 0 aromatic heterocycles. The molecule has 2 aromatic carbocycles. The predicted molar refractivity (Wildman–Crippen MR) is 134 cm³/mol. The van der Waals surface area contributed by atoms with Crippen molar-refractivity contribution in [3.8, 4) is 0 Å². The van der Waals surface area contributed by atoms with Gasteiger partial charge in [-0.3, -0.25) is 9.59 Å². The van der Waals surface area contributed by atoms with Gasteiger partial charge in [0.1, 0.15) is 0 Å². The van der Waals surface area contributed by atoms with E-state index in [2.05, 4.69) is 0 Å². The highest BCUT2D eigenvalue weighted by Crippen LogP contribution is 2.12. The van der Waals surface area contributed by atoms with Crippen molar-refractivity contribution in [1.29, 1.82) is 0 Å². The van der Waals surface area contributed by atoms with Gasteiger partial charge in [0.15, 0.2) is 0 Å². The van der Waals surface area contributed by atoms with Crippen LogP contribution in [0, 0.1) is 0 Å². The molecular weight excluding hydrogens is 400 g/mol. The van der Waals surface area contributed by atoms with Crippen LogP contribution < -0.4 is 0 Å². The second kappa shape index (κ2) is 17.4. The van der Waals surface area contributed by atoms with Crippen molar-refractivity contribution < 1.29 is 19.1 Å². The van der Waals surface area contributed by atoms with Crippen LogP contribution in [0.2, 0.25) is 0 Å². The van der Waals surface area contributed by atoms with E-state index in [9.17, 15) is 14.4 Å². The van der Waals surface area contributed by atoms with Crippen molar-refractivity contribution in [1.82, 2.24) is 0 Å². The van der Waals surface area contributed by atoms with Gasteiger partial charge < -0.3 is 4.74 Å². The molecule has 4 heteroatoms. The number of benzene rings is 2. The van der Waals surface area contributed by atoms with E-state index in [4.69, 9.17) is 4.74 Å². The van der Waals surface area contributed by atoms with Crippen LogP contribution in [-0.4, -0.2) is 24.1 Å². The minimum atomic E-state index is -0.562. The van der Waals surface area contributed by atoms with E-state index >= 15 is 0 Å². The number of hydrogen-bond acceptors (Lipinski definition) is 4. The monoisotopic (exact) mass is 436 g/mol. The van der Waals surface area contributed by atoms with Gasteiger partial charge in [0.25, 0.3) is 0 Å². The summed E-state index contributed by atoms with van der Waals surface area (Å²) in [7, 11) is 0. The molecule has 2 rings (SSSR count). The zero-order valence-corrected chi connectivity index (χ0v) is 20.2. The summed E-state index contributed by atoms with van der Waals surface area (Å²) in [6.07, 6.45) is 8.59. The molecule has 0 atom stereocenters. The molecule has 0 bridgehead atoms. The number of Topliss-reactive ketones (excluding diaryl/α,β-unsaturated/α-hetero) is 2. The molecule has 0 saturated heterocycles. The number of hydrogen-bond donors (Lipinski definition) is 0. The number of ketones is 2. The summed E-state index contributed by atoms with van der Waals surface area (Å²) in [5.74, 6) is -1.51. The highest BCUT2D eigenvalue weighted by atomic mass is 16.5. The third-order valence-corrected chi connectivity index (χ3v) is 4.07. The molecule has 0 fully saturated rings. The van der Waals surface area contributed by atoms with Crippen LogP contribution in [0.4, 0.5) is 0 Å². The molecule has 0 radical (unpaired) electrons. The number of ether oxygens (including phenoxy) is 1. The van der Waals surface area contributed by atoms with Gasteiger partial charge >= 0.3 is 5.97 Å². The van der Waals surface area contributed by atoms with Crippen molar-refractivity contribution in [3.05, 3.63) is 82.9 Å². The molecule has 0 heterocycles. The Labute approximate surface area is 193 Å². The lowest BCUT2D eigenvalue weighted by Crippen LogP contribution is -2.14. The Morgan fingerprint density at radius 1 is 0.750 bits per heavy atom. The van der Waals surface area contributed by atoms with Crippen molar-refractivity contribution in [2.75, 3.05) is 6.61 Å². The Bertz CT molecular complexity index is 873. The molecular formula is C28H36O4. The first-order valence-corrected chi connectivity index (χ1v) is 11.3. The quantitative estimate of drug-likeness (QED) is 0.137. The highest BCUT2D eigenvalue weighted by molar-refractivity contribution is 6.49. The first-order valence-electron chi connectivity index (χ1n) is 11.3. The Morgan fingerprint density at radius 2 is 1.19 bits per heavy atom. The second-order valence-corrected chi connectivity index (χ2v) is 6.26. The first kappa shape index (κ1) is 28.7. The minimum Gasteiger partial charge on any atom is -0.463 e. The van der Waals surface area contributed by atoms with Gasteiger partial charge in [-0.2, -0.15) is 0 Å². The van der Waals surface area contributed by atoms with Gasteiger partial charge in [-0.05, 0) is 30.5 Å². The van der Waals surface area contributed by atoms with Crippen molar-refractivity contribution in [3.63, 3.8) is 0 Å². The second-order valence-electron chi connectivity index (χ2n) is 6.26. The van der Waals surface area contributed by atoms with Gasteiger partial charge in [-0.1, -0.05) is 102 Å². The van der Waals surface area contributed by atoms with Gasteiger partial charge in [0.05, 0.1) is 6.61 Å². The third-order valence-electron chi connectivity index (χ3n) is 4.07. The maximum atomic E-state index is 12.4. The van der Waals surface area contributed by atoms with E-state index in [1.54, 1.807) is 54.6 Å². The van der Waals surface area contributed by atoms with Crippen LogP contribution in [0.1, 0.15) is 86.2 Å². The molecule has 0 saturated carbocycles. The molecule has 0 spiro atoms. The fraction of sp³-hybridized carbons (Fsp3) is 0.321. The van der Waals surface area contributed by atoms with Crippen LogP contribution in [0.15, 0.2) is 60.7 Å². The van der Waals surface area contributed by atoms with Gasteiger partial charge in [0.2, 0.25) is 11.6 Å². The summed E-state index contributed by atoms with van der Waals surface area (Å²) in [6.45, 7) is 12.3. The van der Waals surface area contributed by atoms with Crippen LogP contribution in [0.3, 0.4) is 0 Å². The van der Waals surface area contributed by atoms with Crippen LogP contribution in [0.25, 0.3) is 12.2 Å². The number of unbranched alkanes of at least 4 members (excludes halogenated alkanes) is 1. The van der Waals surface area contributed by atoms with Gasteiger partial charge in [-0.15, -0.1) is 0 Å². The number of rotatable bonds is 9. The summed E-state index contributed by atoms with van der Waals surface area (Å²) >= 11 is 0. The van der Waals surface area contributed by atoms with Crippen molar-refractivity contribution >= 4 is 29.7 Å². The maximum Gasteiger partial charge on any atom is 0.330 e. The molecule has 0 aliphatic rings. The lowest BCUT2D eigenvalue weighted by Gasteiger charge is -2.03. The van der Waals surface area contributed by atoms with Crippen LogP contribution in [0.5, 0.6) is 0 Å². The minimum absolute atomic E-state index is 0.310. The third kappa shape index (κ3) is 10.2. The SMILES string of the molecule is C/C=C/c1ccc(C(=O)C(=O)c2ccc(/C=C\C(=O)OCCCC)cc2)cc1.CC.CC. The molecule has 172 valence electrons. The van der Waals surface area contributed by atoms with E-state index in [0.29, 0.717) is 17.7 Å². The predicted octanol–water partition coefficient (Wildman–Crippen LogP) is 7.19. The molecule has 0 amide bonds. The zero-order valence-electron chi connectivity index (χ0n) is 20.2. The van der Waals surface area contributed by atoms with Crippen molar-refractivity contribution in [2.45, 2.75) is 54.4 Å². The topological polar surface area (TPSA) is 60.4 Å². The average molecular weight is 437 g/mol. The smallest absolute Gasteiger partial charge is 0.330 e. The molecule has 0 aliphatic carbocycles. The van der Waals surface area contributed by atoms with E-state index in [0.717, 1.165) is 24.0 Å². The molecule has 2 aromatic rings. The highest BCUT2D eigenvalue weighted by Gasteiger charge is 2.17. The first-order chi connectivity index (χ1) is 15.5. The Kier molecular flexibility index (Phi) is 15.6. The molecule has 0 unspecified atom stereocenters. The Morgan fingerprint density at radius 3 is 1.59 bits per heavy atom. The number of carbonyl (C=O) groups excluding carboxylic acids is 3. The van der Waals surface area contributed by atoms with Gasteiger partial charge in [-0.25, -0.2) is 4.79 Å². The summed E-state index contributed by atoms with van der Waals surface area (Å²) in [6, 6.07) is 13.4. The molecule has 0 N–H and O–H groups in total. The number of allylic oxidation sites excluding steroid dienone is 1. The Hall–Kier alpha value is -3.27. The van der Waals surface area contributed by atoms with Crippen LogP contribution in [-0.2, 0) is 9.53 Å². The van der Waals surface area contributed by atoms with Crippen LogP contribution >= 0.6 is 0 Å². The molecule has 4 nitrogen and oxygen atoms in total. The van der Waals surface area contributed by atoms with E-state index in [1.165, 1.54) is 6.08 Å². The van der Waals surface area contributed by atoms with E-state index in [1.807, 2.05) is 53.7 Å². The fourth-order valence-electron chi connectivity index (χ4n) is 2.48. The maximum absolute atomic E-state index is 12.4. The van der Waals surface area contributed by atoms with E-state index < -0.39 is 17.5 Å². The average Bonchev–Trinajstić information content (AvgIpc) is 2.85. The Balaban J connectivity index is 0.00000227. The summed E-state index contributed by atoms with van der Waals surface area (Å²) in [5, 5.41) is 0. The number of carbonyl (C=O) groups is 3. The van der Waals surface area contributed by atoms with Crippen molar-refractivity contribution in [2.24, 2.45) is 0 Å².